The number of esters is 1. The van der Waals surface area contributed by atoms with E-state index in [1.165, 1.54) is 0 Å². The number of rotatable bonds is 1. The van der Waals surface area contributed by atoms with E-state index in [0.29, 0.717) is 5.56 Å². The molecule has 17 heavy (non-hydrogen) atoms. The predicted molar refractivity (Wildman–Crippen MR) is 68.0 cm³/mol. The van der Waals surface area contributed by atoms with Gasteiger partial charge in [0.25, 0.3) is 0 Å². The van der Waals surface area contributed by atoms with Crippen molar-refractivity contribution in [2.24, 2.45) is 0 Å². The lowest BCUT2D eigenvalue weighted by Gasteiger charge is -2.19. The van der Waals surface area contributed by atoms with E-state index in [2.05, 4.69) is 6.07 Å². The highest BCUT2D eigenvalue weighted by Gasteiger charge is 2.17. The standard InChI is InChI=1S/C15H15O2/c1-15(2,3)17-14(16)13-9-8-11-6-4-5-7-12(11)10-13/h4-9H,1-3H3. The molecule has 2 heteroatoms. The van der Waals surface area contributed by atoms with Crippen LogP contribution in [0.2, 0.25) is 0 Å². The van der Waals surface area contributed by atoms with Crippen molar-refractivity contribution in [3.8, 4) is 0 Å². The molecule has 2 aromatic carbocycles. The van der Waals surface area contributed by atoms with Crippen LogP contribution in [0.3, 0.4) is 0 Å². The van der Waals surface area contributed by atoms with Gasteiger partial charge in [-0.3, -0.25) is 0 Å². The molecule has 0 atom stereocenters. The van der Waals surface area contributed by atoms with Gasteiger partial charge in [0.1, 0.15) is 5.60 Å². The van der Waals surface area contributed by atoms with Crippen LogP contribution in [-0.4, -0.2) is 11.6 Å². The van der Waals surface area contributed by atoms with Crippen LogP contribution in [0.25, 0.3) is 10.8 Å². The Morgan fingerprint density at radius 1 is 1.12 bits per heavy atom. The summed E-state index contributed by atoms with van der Waals surface area (Å²) in [4.78, 5) is 11.9. The molecule has 0 saturated carbocycles. The maximum atomic E-state index is 11.9. The zero-order valence-corrected chi connectivity index (χ0v) is 10.3. The van der Waals surface area contributed by atoms with Crippen molar-refractivity contribution < 1.29 is 9.53 Å². The van der Waals surface area contributed by atoms with Crippen LogP contribution in [0.1, 0.15) is 31.1 Å². The SMILES string of the molecule is CC(C)(C)OC(=O)c1[c]c2ccccc2cc1. The fourth-order valence-corrected chi connectivity index (χ4v) is 1.57. The van der Waals surface area contributed by atoms with Gasteiger partial charge in [0.2, 0.25) is 0 Å². The second-order valence-corrected chi connectivity index (χ2v) is 4.96. The molecule has 2 aromatic rings. The minimum absolute atomic E-state index is 0.330. The summed E-state index contributed by atoms with van der Waals surface area (Å²) in [5, 5.41) is 2.00. The Balaban J connectivity index is 2.33. The molecule has 2 nitrogen and oxygen atoms in total. The molecule has 0 fully saturated rings. The van der Waals surface area contributed by atoms with E-state index in [9.17, 15) is 4.79 Å². The highest BCUT2D eigenvalue weighted by atomic mass is 16.6. The van der Waals surface area contributed by atoms with Gasteiger partial charge in [-0.05, 0) is 37.6 Å². The molecule has 0 aliphatic heterocycles. The molecule has 0 spiro atoms. The zero-order chi connectivity index (χ0) is 12.5. The maximum Gasteiger partial charge on any atom is 0.339 e. The summed E-state index contributed by atoms with van der Waals surface area (Å²) < 4.78 is 5.30. The molecule has 0 aliphatic rings. The Hall–Kier alpha value is -1.83. The average molecular weight is 227 g/mol. The maximum absolute atomic E-state index is 11.9. The summed E-state index contributed by atoms with van der Waals surface area (Å²) in [5.41, 5.74) is -0.00468. The van der Waals surface area contributed by atoms with Crippen LogP contribution < -0.4 is 0 Å². The molecular formula is C15H15O2. The molecule has 0 aliphatic carbocycles. The largest absolute Gasteiger partial charge is 0.456 e. The van der Waals surface area contributed by atoms with E-state index in [-0.39, 0.29) is 5.97 Å². The van der Waals surface area contributed by atoms with Crippen LogP contribution in [-0.2, 0) is 4.74 Å². The molecule has 0 unspecified atom stereocenters. The number of hydrogen-bond donors (Lipinski definition) is 0. The Kier molecular flexibility index (Phi) is 2.88. The molecule has 2 rings (SSSR count). The van der Waals surface area contributed by atoms with E-state index in [4.69, 9.17) is 4.74 Å². The van der Waals surface area contributed by atoms with E-state index >= 15 is 0 Å². The van der Waals surface area contributed by atoms with Crippen molar-refractivity contribution in [2.45, 2.75) is 26.4 Å². The smallest absolute Gasteiger partial charge is 0.339 e. The highest BCUT2D eigenvalue weighted by molar-refractivity contribution is 5.94. The van der Waals surface area contributed by atoms with E-state index in [1.54, 1.807) is 6.07 Å². The molecule has 0 N–H and O–H groups in total. The second kappa shape index (κ2) is 4.21. The Morgan fingerprint density at radius 3 is 2.53 bits per heavy atom. The number of ether oxygens (including phenoxy) is 1. The third-order valence-corrected chi connectivity index (χ3v) is 2.28. The van der Waals surface area contributed by atoms with Crippen molar-refractivity contribution in [2.75, 3.05) is 0 Å². The summed E-state index contributed by atoms with van der Waals surface area (Å²) in [6.45, 7) is 5.56. The van der Waals surface area contributed by atoms with Crippen molar-refractivity contribution in [1.82, 2.24) is 0 Å². The topological polar surface area (TPSA) is 26.3 Å². The fraction of sp³-hybridized carbons (Fsp3) is 0.267. The first-order valence-electron chi connectivity index (χ1n) is 5.60. The van der Waals surface area contributed by atoms with Gasteiger partial charge in [-0.1, -0.05) is 30.3 Å². The minimum Gasteiger partial charge on any atom is -0.456 e. The second-order valence-electron chi connectivity index (χ2n) is 4.96. The van der Waals surface area contributed by atoms with Crippen LogP contribution in [0.5, 0.6) is 0 Å². The molecule has 0 amide bonds. The van der Waals surface area contributed by atoms with Gasteiger partial charge in [0.15, 0.2) is 0 Å². The summed E-state index contributed by atoms with van der Waals surface area (Å²) in [7, 11) is 0. The zero-order valence-electron chi connectivity index (χ0n) is 10.3. The quantitative estimate of drug-likeness (QED) is 0.696. The van der Waals surface area contributed by atoms with E-state index in [0.717, 1.165) is 10.8 Å². The lowest BCUT2D eigenvalue weighted by atomic mass is 10.1. The molecular weight excluding hydrogens is 212 g/mol. The third kappa shape index (κ3) is 2.84. The Bertz CT molecular complexity index is 550. The predicted octanol–water partition coefficient (Wildman–Crippen LogP) is 3.60. The Morgan fingerprint density at radius 2 is 1.82 bits per heavy atom. The van der Waals surface area contributed by atoms with Gasteiger partial charge in [0, 0.05) is 6.07 Å². The number of hydrogen-bond acceptors (Lipinski definition) is 2. The summed E-state index contributed by atoms with van der Waals surface area (Å²) in [5.74, 6) is -0.330. The van der Waals surface area contributed by atoms with Gasteiger partial charge in [-0.2, -0.15) is 0 Å². The third-order valence-electron chi connectivity index (χ3n) is 2.28. The minimum atomic E-state index is -0.476. The van der Waals surface area contributed by atoms with Gasteiger partial charge >= 0.3 is 5.97 Å². The monoisotopic (exact) mass is 227 g/mol. The molecule has 0 saturated heterocycles. The highest BCUT2D eigenvalue weighted by Crippen LogP contribution is 2.17. The lowest BCUT2D eigenvalue weighted by Crippen LogP contribution is -2.23. The van der Waals surface area contributed by atoms with E-state index < -0.39 is 5.60 Å². The average Bonchev–Trinajstić information content (AvgIpc) is 2.26. The van der Waals surface area contributed by atoms with Gasteiger partial charge < -0.3 is 4.74 Å². The first-order chi connectivity index (χ1) is 7.96. The Labute approximate surface area is 101 Å². The number of fused-ring (bicyclic) bond motifs is 1. The van der Waals surface area contributed by atoms with Crippen molar-refractivity contribution in [1.29, 1.82) is 0 Å². The van der Waals surface area contributed by atoms with Crippen molar-refractivity contribution in [3.05, 3.63) is 48.0 Å². The van der Waals surface area contributed by atoms with Gasteiger partial charge in [-0.25, -0.2) is 4.79 Å². The lowest BCUT2D eigenvalue weighted by molar-refractivity contribution is 0.00693. The number of carbonyl (C=O) groups excluding carboxylic acids is 1. The molecule has 87 valence electrons. The van der Waals surface area contributed by atoms with Crippen LogP contribution >= 0.6 is 0 Å². The summed E-state index contributed by atoms with van der Waals surface area (Å²) >= 11 is 0. The summed E-state index contributed by atoms with van der Waals surface area (Å²) in [6, 6.07) is 14.5. The number of benzene rings is 2. The van der Waals surface area contributed by atoms with Gasteiger partial charge in [0.05, 0.1) is 5.56 Å². The van der Waals surface area contributed by atoms with Crippen LogP contribution in [0, 0.1) is 6.07 Å². The number of carbonyl (C=O) groups is 1. The van der Waals surface area contributed by atoms with E-state index in [1.807, 2.05) is 51.1 Å². The van der Waals surface area contributed by atoms with Gasteiger partial charge in [-0.15, -0.1) is 0 Å². The molecule has 1 radical (unpaired) electrons. The van der Waals surface area contributed by atoms with Crippen molar-refractivity contribution >= 4 is 16.7 Å². The molecule has 0 aromatic heterocycles. The first-order valence-corrected chi connectivity index (χ1v) is 5.60. The summed E-state index contributed by atoms with van der Waals surface area (Å²) in [6.07, 6.45) is 0. The normalized spacial score (nSPS) is 11.5. The van der Waals surface area contributed by atoms with Crippen LogP contribution in [0.4, 0.5) is 0 Å². The molecule has 0 bridgehead atoms. The van der Waals surface area contributed by atoms with Crippen LogP contribution in [0.15, 0.2) is 36.4 Å². The van der Waals surface area contributed by atoms with Crippen molar-refractivity contribution in [3.63, 3.8) is 0 Å². The fourth-order valence-electron chi connectivity index (χ4n) is 1.57. The molecule has 0 heterocycles. The first kappa shape index (κ1) is 11.6.